The van der Waals surface area contributed by atoms with Crippen molar-refractivity contribution >= 4 is 11.8 Å². The Balaban J connectivity index is 3.50. The molecule has 0 saturated carbocycles. The van der Waals surface area contributed by atoms with E-state index in [2.05, 4.69) is 5.16 Å². The van der Waals surface area contributed by atoms with Crippen molar-refractivity contribution in [1.82, 2.24) is 0 Å². The summed E-state index contributed by atoms with van der Waals surface area (Å²) in [6.45, 7) is 0. The van der Waals surface area contributed by atoms with Crippen LogP contribution in [0.25, 0.3) is 0 Å². The summed E-state index contributed by atoms with van der Waals surface area (Å²) in [4.78, 5) is 10.2. The van der Waals surface area contributed by atoms with Crippen molar-refractivity contribution in [1.29, 1.82) is 0 Å². The van der Waals surface area contributed by atoms with E-state index in [1.54, 1.807) is 0 Å². The maximum atomic E-state index is 10.2. The van der Waals surface area contributed by atoms with Gasteiger partial charge in [0.1, 0.15) is 11.9 Å². The maximum absolute atomic E-state index is 10.2. The van der Waals surface area contributed by atoms with Crippen molar-refractivity contribution in [3.8, 4) is 0 Å². The minimum Gasteiger partial charge on any atom is -0.480 e. The molecule has 6 nitrogen and oxygen atoms in total. The van der Waals surface area contributed by atoms with Gasteiger partial charge in [-0.1, -0.05) is 5.16 Å². The zero-order chi connectivity index (χ0) is 9.56. The Hall–Kier alpha value is -1.30. The summed E-state index contributed by atoms with van der Waals surface area (Å²) in [7, 11) is 0. The number of oxime groups is 1. The van der Waals surface area contributed by atoms with E-state index in [1.165, 1.54) is 0 Å². The Bertz CT molecular complexity index is 181. The van der Waals surface area contributed by atoms with Crippen LogP contribution in [0, 0.1) is 0 Å². The predicted octanol–water partition coefficient (Wildman–Crippen LogP) is -0.685. The molecule has 0 rings (SSSR count). The smallest absolute Gasteiger partial charge is 0.320 e. The summed E-state index contributed by atoms with van der Waals surface area (Å²) < 4.78 is 0. The van der Waals surface area contributed by atoms with E-state index >= 15 is 0 Å². The van der Waals surface area contributed by atoms with Crippen LogP contribution in [0.2, 0.25) is 0 Å². The summed E-state index contributed by atoms with van der Waals surface area (Å²) in [5.41, 5.74) is 10.3. The third-order valence-corrected chi connectivity index (χ3v) is 1.39. The van der Waals surface area contributed by atoms with Crippen LogP contribution in [0.1, 0.15) is 19.3 Å². The molecule has 0 aromatic heterocycles. The highest BCUT2D eigenvalue weighted by Gasteiger charge is 2.10. The molecule has 0 spiro atoms. The van der Waals surface area contributed by atoms with E-state index < -0.39 is 12.0 Å². The van der Waals surface area contributed by atoms with Crippen molar-refractivity contribution in [2.75, 3.05) is 0 Å². The number of hydrogen-bond donors (Lipinski definition) is 4. The fraction of sp³-hybridized carbons (Fsp3) is 0.667. The second-order valence-electron chi connectivity index (χ2n) is 2.43. The molecule has 6 N–H and O–H groups in total. The molecular weight excluding hydrogens is 162 g/mol. The molecule has 12 heavy (non-hydrogen) atoms. The van der Waals surface area contributed by atoms with Gasteiger partial charge in [-0.15, -0.1) is 0 Å². The Morgan fingerprint density at radius 1 is 1.58 bits per heavy atom. The van der Waals surface area contributed by atoms with E-state index in [-0.39, 0.29) is 5.84 Å². The number of aliphatic carboxylic acids is 1. The predicted molar refractivity (Wildman–Crippen MR) is 42.9 cm³/mol. The third-order valence-electron chi connectivity index (χ3n) is 1.39. The quantitative estimate of drug-likeness (QED) is 0.191. The van der Waals surface area contributed by atoms with E-state index in [0.717, 1.165) is 0 Å². The molecule has 0 saturated heterocycles. The first kappa shape index (κ1) is 10.7. The van der Waals surface area contributed by atoms with Crippen LogP contribution in [0.15, 0.2) is 5.16 Å². The molecule has 0 aromatic rings. The number of carboxylic acids is 1. The monoisotopic (exact) mass is 175 g/mol. The number of hydrogen-bond acceptors (Lipinski definition) is 4. The highest BCUT2D eigenvalue weighted by Crippen LogP contribution is 1.98. The minimum absolute atomic E-state index is 0.0904. The van der Waals surface area contributed by atoms with Gasteiger partial charge in [0.15, 0.2) is 0 Å². The number of carbonyl (C=O) groups is 1. The molecule has 6 heteroatoms. The Morgan fingerprint density at radius 2 is 2.17 bits per heavy atom. The fourth-order valence-corrected chi connectivity index (χ4v) is 0.677. The maximum Gasteiger partial charge on any atom is 0.320 e. The van der Waals surface area contributed by atoms with Gasteiger partial charge in [0.2, 0.25) is 0 Å². The van der Waals surface area contributed by atoms with E-state index in [9.17, 15) is 4.79 Å². The summed E-state index contributed by atoms with van der Waals surface area (Å²) in [6, 6.07) is -0.864. The Labute approximate surface area is 69.8 Å². The topological polar surface area (TPSA) is 122 Å². The largest absolute Gasteiger partial charge is 0.480 e. The summed E-state index contributed by atoms with van der Waals surface area (Å²) in [6.07, 6.45) is 1.19. The molecule has 0 aliphatic rings. The van der Waals surface area contributed by atoms with Gasteiger partial charge >= 0.3 is 5.97 Å². The summed E-state index contributed by atoms with van der Waals surface area (Å²) in [5.74, 6) is -0.943. The molecule has 0 unspecified atom stereocenters. The van der Waals surface area contributed by atoms with Crippen LogP contribution in [-0.4, -0.2) is 28.2 Å². The molecule has 0 amide bonds. The highest BCUT2D eigenvalue weighted by atomic mass is 16.4. The van der Waals surface area contributed by atoms with Crippen molar-refractivity contribution in [2.45, 2.75) is 25.3 Å². The first-order valence-electron chi connectivity index (χ1n) is 3.52. The molecule has 0 radical (unpaired) electrons. The van der Waals surface area contributed by atoms with Crippen molar-refractivity contribution < 1.29 is 15.1 Å². The van der Waals surface area contributed by atoms with Gasteiger partial charge in [0, 0.05) is 6.42 Å². The van der Waals surface area contributed by atoms with Gasteiger partial charge in [0.25, 0.3) is 0 Å². The molecule has 70 valence electrons. The first-order valence-corrected chi connectivity index (χ1v) is 3.52. The molecule has 0 fully saturated rings. The van der Waals surface area contributed by atoms with E-state index in [1.807, 2.05) is 0 Å². The van der Waals surface area contributed by atoms with Crippen LogP contribution in [0.5, 0.6) is 0 Å². The summed E-state index contributed by atoms with van der Waals surface area (Å²) in [5, 5.41) is 19.2. The zero-order valence-corrected chi connectivity index (χ0v) is 6.60. The van der Waals surface area contributed by atoms with Crippen LogP contribution < -0.4 is 11.5 Å². The van der Waals surface area contributed by atoms with Gasteiger partial charge in [-0.25, -0.2) is 0 Å². The van der Waals surface area contributed by atoms with Gasteiger partial charge in [-0.3, -0.25) is 4.79 Å². The van der Waals surface area contributed by atoms with E-state index in [0.29, 0.717) is 19.3 Å². The second kappa shape index (κ2) is 5.36. The molecule has 0 heterocycles. The Morgan fingerprint density at radius 3 is 2.58 bits per heavy atom. The lowest BCUT2D eigenvalue weighted by Crippen LogP contribution is -2.30. The van der Waals surface area contributed by atoms with Crippen LogP contribution in [0.4, 0.5) is 0 Å². The van der Waals surface area contributed by atoms with Crippen LogP contribution >= 0.6 is 0 Å². The molecule has 1 atom stereocenters. The first-order chi connectivity index (χ1) is 5.57. The van der Waals surface area contributed by atoms with Crippen LogP contribution in [0.3, 0.4) is 0 Å². The minimum atomic E-state index is -1.03. The number of carboxylic acid groups (broad SMARTS) is 1. The van der Waals surface area contributed by atoms with E-state index in [4.69, 9.17) is 21.8 Å². The normalized spacial score (nSPS) is 14.2. The van der Waals surface area contributed by atoms with Gasteiger partial charge < -0.3 is 21.8 Å². The van der Waals surface area contributed by atoms with Crippen molar-refractivity contribution in [2.24, 2.45) is 16.6 Å². The molecule has 0 aromatic carbocycles. The summed E-state index contributed by atoms with van der Waals surface area (Å²) >= 11 is 0. The molecule has 0 aliphatic heterocycles. The third kappa shape index (κ3) is 4.51. The number of rotatable bonds is 5. The molecule has 0 aliphatic carbocycles. The lowest BCUT2D eigenvalue weighted by Gasteiger charge is -2.04. The number of nitrogens with two attached hydrogens (primary N) is 2. The van der Waals surface area contributed by atoms with Crippen molar-refractivity contribution in [3.63, 3.8) is 0 Å². The Kier molecular flexibility index (Phi) is 4.78. The molecule has 0 bridgehead atoms. The fourth-order valence-electron chi connectivity index (χ4n) is 0.677. The average Bonchev–Trinajstić information content (AvgIpc) is 2.03. The highest BCUT2D eigenvalue weighted by molar-refractivity contribution is 5.79. The van der Waals surface area contributed by atoms with Gasteiger partial charge in [-0.05, 0) is 12.8 Å². The second-order valence-corrected chi connectivity index (χ2v) is 2.43. The number of amidine groups is 1. The lowest BCUT2D eigenvalue weighted by molar-refractivity contribution is -0.138. The van der Waals surface area contributed by atoms with Gasteiger partial charge in [0.05, 0.1) is 0 Å². The average molecular weight is 175 g/mol. The lowest BCUT2D eigenvalue weighted by atomic mass is 10.1. The van der Waals surface area contributed by atoms with Crippen LogP contribution in [-0.2, 0) is 4.79 Å². The van der Waals surface area contributed by atoms with Crippen molar-refractivity contribution in [3.05, 3.63) is 0 Å². The standard InChI is InChI=1S/C6H13N3O3/c7-4(6(10)11)2-1-3-5(8)9-12/h4,12H,1-3,7H2,(H2,8,9)(H,10,11)/t4-/m0/s1. The zero-order valence-electron chi connectivity index (χ0n) is 6.60. The van der Waals surface area contributed by atoms with Gasteiger partial charge in [-0.2, -0.15) is 0 Å². The molecular formula is C6H13N3O3. The number of nitrogens with zero attached hydrogens (tertiary/aromatic N) is 1. The SMILES string of the molecule is N/C(CCC[C@H](N)C(=O)O)=N\O.